The van der Waals surface area contributed by atoms with Crippen LogP contribution in [0.15, 0.2) is 66.7 Å². The number of methoxy groups -OCH3 is 1. The van der Waals surface area contributed by atoms with E-state index in [1.54, 1.807) is 67.6 Å². The van der Waals surface area contributed by atoms with Crippen LogP contribution in [0.1, 0.15) is 69.4 Å². The van der Waals surface area contributed by atoms with E-state index in [0.29, 0.717) is 46.7 Å². The van der Waals surface area contributed by atoms with Crippen molar-refractivity contribution in [3.05, 3.63) is 94.5 Å². The number of likely N-dealkylation sites (N-methyl/N-ethyl adjacent to an activating group) is 1. The highest BCUT2D eigenvalue weighted by atomic mass is 16.5. The number of hydrogen-bond donors (Lipinski definition) is 3. The van der Waals surface area contributed by atoms with Gasteiger partial charge in [0.05, 0.1) is 12.7 Å². The maximum Gasteiger partial charge on any atom is 0.338 e. The first-order valence-corrected chi connectivity index (χ1v) is 14.8. The molecular weight excluding hydrogens is 572 g/mol. The van der Waals surface area contributed by atoms with Crippen molar-refractivity contribution in [2.45, 2.75) is 46.7 Å². The van der Waals surface area contributed by atoms with Gasteiger partial charge in [-0.15, -0.1) is 0 Å². The number of carbonyl (C=O) groups excluding carboxylic acids is 4. The molecule has 3 rings (SSSR count). The molecule has 0 unspecified atom stereocenters. The van der Waals surface area contributed by atoms with Gasteiger partial charge in [0.25, 0.3) is 11.8 Å². The molecule has 0 spiro atoms. The van der Waals surface area contributed by atoms with Gasteiger partial charge >= 0.3 is 5.97 Å². The van der Waals surface area contributed by atoms with Crippen LogP contribution in [-0.4, -0.2) is 69.0 Å². The van der Waals surface area contributed by atoms with Crippen LogP contribution < -0.4 is 20.7 Å². The molecule has 3 aromatic rings. The van der Waals surface area contributed by atoms with Crippen molar-refractivity contribution in [3.8, 4) is 5.75 Å². The first kappa shape index (κ1) is 34.8. The number of carbonyl (C=O) groups is 4. The maximum absolute atomic E-state index is 13.4. The number of esters is 1. The van der Waals surface area contributed by atoms with Gasteiger partial charge in [-0.1, -0.05) is 39.0 Å². The molecule has 0 saturated carbocycles. The molecule has 1 atom stereocenters. The average molecular weight is 617 g/mol. The van der Waals surface area contributed by atoms with Crippen LogP contribution in [0.25, 0.3) is 0 Å². The molecule has 0 aromatic heterocycles. The minimum absolute atomic E-state index is 0.211. The number of aryl methyl sites for hydroxylation is 1. The van der Waals surface area contributed by atoms with E-state index < -0.39 is 23.8 Å². The van der Waals surface area contributed by atoms with Gasteiger partial charge in [-0.25, -0.2) is 4.79 Å². The van der Waals surface area contributed by atoms with Crippen molar-refractivity contribution in [2.24, 2.45) is 5.41 Å². The molecule has 240 valence electrons. The quantitative estimate of drug-likeness (QED) is 0.235. The number of nitrogens with one attached hydrogen (secondary N) is 3. The third kappa shape index (κ3) is 11.1. The Morgan fingerprint density at radius 1 is 0.889 bits per heavy atom. The van der Waals surface area contributed by atoms with Crippen molar-refractivity contribution in [1.82, 2.24) is 15.5 Å². The Morgan fingerprint density at radius 3 is 2.24 bits per heavy atom. The lowest BCUT2D eigenvalue weighted by Crippen LogP contribution is -2.45. The Kier molecular flexibility index (Phi) is 12.3. The van der Waals surface area contributed by atoms with Crippen LogP contribution in [0, 0.1) is 12.3 Å². The second kappa shape index (κ2) is 15.9. The predicted octanol–water partition coefficient (Wildman–Crippen LogP) is 4.83. The first-order valence-electron chi connectivity index (χ1n) is 14.8. The molecule has 3 N–H and O–H groups in total. The summed E-state index contributed by atoms with van der Waals surface area (Å²) in [5, 5.41) is 8.58. The first-order chi connectivity index (χ1) is 21.3. The lowest BCUT2D eigenvalue weighted by Gasteiger charge is -2.26. The van der Waals surface area contributed by atoms with Gasteiger partial charge in [0.15, 0.2) is 0 Å². The summed E-state index contributed by atoms with van der Waals surface area (Å²) in [5.41, 5.74) is 2.78. The second-order valence-electron chi connectivity index (χ2n) is 12.4. The number of benzene rings is 3. The fourth-order valence-corrected chi connectivity index (χ4v) is 4.48. The van der Waals surface area contributed by atoms with E-state index in [0.717, 1.165) is 12.1 Å². The minimum atomic E-state index is -0.849. The van der Waals surface area contributed by atoms with Gasteiger partial charge < -0.3 is 30.3 Å². The van der Waals surface area contributed by atoms with Crippen molar-refractivity contribution in [2.75, 3.05) is 39.7 Å². The number of nitrogens with zero attached hydrogens (tertiary/aromatic N) is 1. The summed E-state index contributed by atoms with van der Waals surface area (Å²) < 4.78 is 10.5. The summed E-state index contributed by atoms with van der Waals surface area (Å²) in [5.74, 6) is -0.890. The SMILES string of the molecule is COC(=O)c1cc(NC(=O)[C@H](CC(C)(C)C)NC(=O)c2cccc(CNC(=O)c3ccc(OCCN(C)C)cc3)c2)ccc1C. The molecule has 45 heavy (non-hydrogen) atoms. The lowest BCUT2D eigenvalue weighted by atomic mass is 9.87. The van der Waals surface area contributed by atoms with Crippen molar-refractivity contribution in [1.29, 1.82) is 0 Å². The van der Waals surface area contributed by atoms with E-state index in [9.17, 15) is 19.2 Å². The van der Waals surface area contributed by atoms with Crippen LogP contribution in [0.4, 0.5) is 5.69 Å². The van der Waals surface area contributed by atoms with Gasteiger partial charge in [-0.2, -0.15) is 0 Å². The van der Waals surface area contributed by atoms with Crippen LogP contribution in [-0.2, 0) is 16.1 Å². The van der Waals surface area contributed by atoms with Crippen LogP contribution in [0.5, 0.6) is 5.75 Å². The smallest absolute Gasteiger partial charge is 0.338 e. The maximum atomic E-state index is 13.4. The summed E-state index contributed by atoms with van der Waals surface area (Å²) in [6.45, 7) is 9.27. The highest BCUT2D eigenvalue weighted by Gasteiger charge is 2.27. The Labute approximate surface area is 265 Å². The van der Waals surface area contributed by atoms with Gasteiger partial charge in [0, 0.05) is 29.9 Å². The third-order valence-electron chi connectivity index (χ3n) is 6.91. The molecular formula is C35H44N4O6. The zero-order chi connectivity index (χ0) is 33.1. The zero-order valence-corrected chi connectivity index (χ0v) is 27.2. The van der Waals surface area contributed by atoms with E-state index >= 15 is 0 Å². The van der Waals surface area contributed by atoms with Crippen molar-refractivity contribution < 1.29 is 28.7 Å². The highest BCUT2D eigenvalue weighted by molar-refractivity contribution is 6.02. The zero-order valence-electron chi connectivity index (χ0n) is 27.2. The molecule has 0 aliphatic heterocycles. The number of amides is 3. The van der Waals surface area contributed by atoms with Crippen molar-refractivity contribution in [3.63, 3.8) is 0 Å². The van der Waals surface area contributed by atoms with Crippen LogP contribution in [0.2, 0.25) is 0 Å². The normalized spacial score (nSPS) is 11.8. The van der Waals surface area contributed by atoms with Crippen molar-refractivity contribution >= 4 is 29.4 Å². The summed E-state index contributed by atoms with van der Waals surface area (Å²) in [7, 11) is 5.24. The monoisotopic (exact) mass is 616 g/mol. The molecule has 0 fully saturated rings. The molecule has 10 heteroatoms. The Balaban J connectivity index is 1.65. The fourth-order valence-electron chi connectivity index (χ4n) is 4.48. The van der Waals surface area contributed by atoms with Crippen LogP contribution >= 0.6 is 0 Å². The van der Waals surface area contributed by atoms with Gasteiger partial charge in [-0.05, 0) is 92.5 Å². The molecule has 0 aliphatic rings. The van der Waals surface area contributed by atoms with Gasteiger partial charge in [0.1, 0.15) is 18.4 Å². The Morgan fingerprint density at radius 2 is 1.60 bits per heavy atom. The second-order valence-corrected chi connectivity index (χ2v) is 12.4. The average Bonchev–Trinajstić information content (AvgIpc) is 2.99. The summed E-state index contributed by atoms with van der Waals surface area (Å²) in [6, 6.07) is 17.9. The number of ether oxygens (including phenoxy) is 2. The molecule has 0 aliphatic carbocycles. The molecule has 0 heterocycles. The fraction of sp³-hybridized carbons (Fsp3) is 0.371. The molecule has 3 aromatic carbocycles. The van der Waals surface area contributed by atoms with E-state index in [1.165, 1.54) is 7.11 Å². The van der Waals surface area contributed by atoms with Gasteiger partial charge in [0.2, 0.25) is 5.91 Å². The highest BCUT2D eigenvalue weighted by Crippen LogP contribution is 2.23. The van der Waals surface area contributed by atoms with Crippen LogP contribution in [0.3, 0.4) is 0 Å². The summed E-state index contributed by atoms with van der Waals surface area (Å²) >= 11 is 0. The van der Waals surface area contributed by atoms with E-state index in [2.05, 4.69) is 16.0 Å². The summed E-state index contributed by atoms with van der Waals surface area (Å²) in [6.07, 6.45) is 0.371. The molecule has 10 nitrogen and oxygen atoms in total. The number of hydrogen-bond acceptors (Lipinski definition) is 7. The standard InChI is InChI=1S/C35H44N4O6/c1-23-11-14-27(20-29(23)34(43)44-7)37-33(42)30(21-35(2,3)4)38-32(41)26-10-8-9-24(19-26)22-36-31(40)25-12-15-28(16-13-25)45-18-17-39(5)6/h8-16,19-20,30H,17-18,21-22H2,1-7H3,(H,36,40)(H,37,42)(H,38,41)/t30-/m0/s1. The lowest BCUT2D eigenvalue weighted by molar-refractivity contribution is -0.118. The predicted molar refractivity (Wildman–Crippen MR) is 175 cm³/mol. The molecule has 0 radical (unpaired) electrons. The number of anilines is 1. The molecule has 0 saturated heterocycles. The number of rotatable bonds is 13. The summed E-state index contributed by atoms with van der Waals surface area (Å²) in [4.78, 5) is 53.6. The molecule has 0 bridgehead atoms. The molecule has 3 amide bonds. The Bertz CT molecular complexity index is 1490. The van der Waals surface area contributed by atoms with E-state index in [1.807, 2.05) is 45.8 Å². The third-order valence-corrected chi connectivity index (χ3v) is 6.91. The van der Waals surface area contributed by atoms with E-state index in [4.69, 9.17) is 9.47 Å². The van der Waals surface area contributed by atoms with E-state index in [-0.39, 0.29) is 17.9 Å². The Hall–Kier alpha value is -4.70. The largest absolute Gasteiger partial charge is 0.492 e. The minimum Gasteiger partial charge on any atom is -0.492 e. The van der Waals surface area contributed by atoms with Gasteiger partial charge in [-0.3, -0.25) is 14.4 Å². The topological polar surface area (TPSA) is 126 Å².